The molecule has 0 heterocycles. The van der Waals surface area contributed by atoms with Gasteiger partial charge in [0.05, 0.1) is 17.2 Å². The minimum Gasteiger partial charge on any atom is -0.494 e. The molecule has 0 radical (unpaired) electrons. The Morgan fingerprint density at radius 3 is 2.17 bits per heavy atom. The number of carbonyl (C=O) groups excluding carboxylic acids is 2. The van der Waals surface area contributed by atoms with Gasteiger partial charge >= 0.3 is 0 Å². The molecule has 0 bridgehead atoms. The lowest BCUT2D eigenvalue weighted by molar-refractivity contribution is -0.140. The summed E-state index contributed by atoms with van der Waals surface area (Å²) in [5, 5.41) is 2.90. The van der Waals surface area contributed by atoms with Gasteiger partial charge < -0.3 is 15.0 Å². The van der Waals surface area contributed by atoms with E-state index in [0.29, 0.717) is 31.0 Å². The molecule has 1 atom stereocenters. The first kappa shape index (κ1) is 31.7. The summed E-state index contributed by atoms with van der Waals surface area (Å²) in [6.07, 6.45) is 1.13. The Hall–Kier alpha value is -3.85. The van der Waals surface area contributed by atoms with E-state index in [2.05, 4.69) is 5.32 Å². The summed E-state index contributed by atoms with van der Waals surface area (Å²) in [5.41, 5.74) is 3.12. The van der Waals surface area contributed by atoms with Crippen LogP contribution in [0.25, 0.3) is 0 Å². The molecule has 9 heteroatoms. The molecular weight excluding hydrogens is 538 g/mol. The van der Waals surface area contributed by atoms with Gasteiger partial charge in [-0.3, -0.25) is 13.9 Å². The monoisotopic (exact) mass is 579 g/mol. The molecule has 220 valence electrons. The standard InChI is InChI=1S/C32H41N3O5S/c1-6-20-33-32(37)30(7-2)34(22-26-11-9-10-25(5)21-26)31(36)23-35(27-14-16-28(17-15-27)40-8-3)41(38,39)29-18-12-24(4)13-19-29/h9-19,21,30H,6-8,20,22-23H2,1-5H3,(H,33,37)/t30-/m0/s1. The average molecular weight is 580 g/mol. The fourth-order valence-corrected chi connectivity index (χ4v) is 5.95. The Morgan fingerprint density at radius 1 is 0.902 bits per heavy atom. The highest BCUT2D eigenvalue weighted by molar-refractivity contribution is 7.92. The molecule has 0 aromatic heterocycles. The van der Waals surface area contributed by atoms with Crippen molar-refractivity contribution in [1.29, 1.82) is 0 Å². The first-order chi connectivity index (χ1) is 19.6. The number of rotatable bonds is 14. The Morgan fingerprint density at radius 2 is 1.59 bits per heavy atom. The molecule has 1 N–H and O–H groups in total. The molecule has 0 saturated heterocycles. The molecule has 0 unspecified atom stereocenters. The van der Waals surface area contributed by atoms with Gasteiger partial charge in [0.25, 0.3) is 10.0 Å². The highest BCUT2D eigenvalue weighted by Crippen LogP contribution is 2.27. The highest BCUT2D eigenvalue weighted by atomic mass is 32.2. The average Bonchev–Trinajstić information content (AvgIpc) is 2.95. The smallest absolute Gasteiger partial charge is 0.264 e. The maximum atomic E-state index is 14.1. The quantitative estimate of drug-likeness (QED) is 0.282. The minimum absolute atomic E-state index is 0.0720. The van der Waals surface area contributed by atoms with Crippen LogP contribution < -0.4 is 14.4 Å². The van der Waals surface area contributed by atoms with E-state index in [1.807, 2.05) is 58.9 Å². The van der Waals surface area contributed by atoms with E-state index in [4.69, 9.17) is 4.74 Å². The van der Waals surface area contributed by atoms with Gasteiger partial charge in [-0.1, -0.05) is 61.4 Å². The van der Waals surface area contributed by atoms with Crippen molar-refractivity contribution < 1.29 is 22.7 Å². The predicted molar refractivity (Wildman–Crippen MR) is 162 cm³/mol. The fraction of sp³-hybridized carbons (Fsp3) is 0.375. The van der Waals surface area contributed by atoms with Gasteiger partial charge in [0.2, 0.25) is 11.8 Å². The van der Waals surface area contributed by atoms with Crippen LogP contribution in [0.15, 0.2) is 77.7 Å². The third-order valence-corrected chi connectivity index (χ3v) is 8.48. The van der Waals surface area contributed by atoms with Crippen LogP contribution in [-0.4, -0.2) is 50.9 Å². The lowest BCUT2D eigenvalue weighted by atomic mass is 10.1. The van der Waals surface area contributed by atoms with Gasteiger partial charge in [0.1, 0.15) is 18.3 Å². The van der Waals surface area contributed by atoms with Gasteiger partial charge in [0, 0.05) is 13.1 Å². The largest absolute Gasteiger partial charge is 0.494 e. The SMILES string of the molecule is CCCNC(=O)[C@H](CC)N(Cc1cccc(C)c1)C(=O)CN(c1ccc(OCC)cc1)S(=O)(=O)c1ccc(C)cc1. The van der Waals surface area contributed by atoms with E-state index in [-0.39, 0.29) is 17.3 Å². The van der Waals surface area contributed by atoms with Crippen molar-refractivity contribution in [2.45, 2.75) is 64.9 Å². The number of hydrogen-bond donors (Lipinski definition) is 1. The third kappa shape index (κ3) is 8.33. The van der Waals surface area contributed by atoms with Crippen LogP contribution in [0.4, 0.5) is 5.69 Å². The molecule has 0 saturated carbocycles. The van der Waals surface area contributed by atoms with Crippen LogP contribution in [0.2, 0.25) is 0 Å². The van der Waals surface area contributed by atoms with E-state index in [0.717, 1.165) is 27.4 Å². The number of nitrogens with zero attached hydrogens (tertiary/aromatic N) is 2. The zero-order valence-corrected chi connectivity index (χ0v) is 25.4. The predicted octanol–water partition coefficient (Wildman–Crippen LogP) is 5.23. The van der Waals surface area contributed by atoms with Crippen molar-refractivity contribution in [3.05, 3.63) is 89.5 Å². The number of ether oxygens (including phenoxy) is 1. The number of anilines is 1. The van der Waals surface area contributed by atoms with Crippen LogP contribution in [0.1, 0.15) is 50.3 Å². The minimum atomic E-state index is -4.13. The van der Waals surface area contributed by atoms with Crippen molar-refractivity contribution in [3.8, 4) is 5.75 Å². The van der Waals surface area contributed by atoms with Crippen molar-refractivity contribution in [2.75, 3.05) is 24.0 Å². The highest BCUT2D eigenvalue weighted by Gasteiger charge is 2.33. The summed E-state index contributed by atoms with van der Waals surface area (Å²) in [4.78, 5) is 28.9. The number of amides is 2. The zero-order valence-electron chi connectivity index (χ0n) is 24.6. The summed E-state index contributed by atoms with van der Waals surface area (Å²) >= 11 is 0. The number of sulfonamides is 1. The number of benzene rings is 3. The summed E-state index contributed by atoms with van der Waals surface area (Å²) in [7, 11) is -4.13. The molecule has 0 aliphatic carbocycles. The summed E-state index contributed by atoms with van der Waals surface area (Å²) < 4.78 is 34.6. The van der Waals surface area contributed by atoms with Crippen molar-refractivity contribution in [2.24, 2.45) is 0 Å². The normalized spacial score (nSPS) is 11.9. The first-order valence-corrected chi connectivity index (χ1v) is 15.5. The Kier molecular flexibility index (Phi) is 11.3. The van der Waals surface area contributed by atoms with Crippen molar-refractivity contribution in [3.63, 3.8) is 0 Å². The second-order valence-corrected chi connectivity index (χ2v) is 11.8. The van der Waals surface area contributed by atoms with Crippen LogP contribution in [-0.2, 0) is 26.2 Å². The van der Waals surface area contributed by atoms with Gasteiger partial charge in [0.15, 0.2) is 0 Å². The molecule has 0 fully saturated rings. The summed E-state index contributed by atoms with van der Waals surface area (Å²) in [5.74, 6) is -0.145. The van der Waals surface area contributed by atoms with E-state index < -0.39 is 28.5 Å². The molecule has 0 aliphatic heterocycles. The van der Waals surface area contributed by atoms with E-state index in [1.54, 1.807) is 36.4 Å². The van der Waals surface area contributed by atoms with Crippen LogP contribution in [0.3, 0.4) is 0 Å². The molecule has 0 spiro atoms. The Labute approximate surface area is 244 Å². The fourth-order valence-electron chi connectivity index (χ4n) is 4.53. The third-order valence-electron chi connectivity index (χ3n) is 6.69. The Bertz CT molecular complexity index is 1410. The van der Waals surface area contributed by atoms with E-state index in [9.17, 15) is 18.0 Å². The molecule has 3 aromatic rings. The molecule has 3 rings (SSSR count). The number of nitrogens with one attached hydrogen (secondary N) is 1. The Balaban J connectivity index is 2.05. The topological polar surface area (TPSA) is 96.0 Å². The van der Waals surface area contributed by atoms with Gasteiger partial charge in [-0.25, -0.2) is 8.42 Å². The molecule has 41 heavy (non-hydrogen) atoms. The lowest BCUT2D eigenvalue weighted by Crippen LogP contribution is -2.52. The first-order valence-electron chi connectivity index (χ1n) is 14.1. The van der Waals surface area contributed by atoms with E-state index >= 15 is 0 Å². The number of carbonyl (C=O) groups is 2. The summed E-state index contributed by atoms with van der Waals surface area (Å²) in [6.45, 7) is 10.2. The van der Waals surface area contributed by atoms with E-state index in [1.165, 1.54) is 17.0 Å². The number of hydrogen-bond acceptors (Lipinski definition) is 5. The molecule has 0 aliphatic rings. The molecule has 8 nitrogen and oxygen atoms in total. The second-order valence-electron chi connectivity index (χ2n) is 9.98. The van der Waals surface area contributed by atoms with Crippen LogP contribution in [0, 0.1) is 13.8 Å². The zero-order chi connectivity index (χ0) is 30.0. The van der Waals surface area contributed by atoms with Crippen LogP contribution >= 0.6 is 0 Å². The maximum Gasteiger partial charge on any atom is 0.264 e. The van der Waals surface area contributed by atoms with Crippen LogP contribution in [0.5, 0.6) is 5.75 Å². The lowest BCUT2D eigenvalue weighted by Gasteiger charge is -2.33. The number of aryl methyl sites for hydroxylation is 2. The van der Waals surface area contributed by atoms with Crippen molar-refractivity contribution >= 4 is 27.5 Å². The van der Waals surface area contributed by atoms with Crippen molar-refractivity contribution in [1.82, 2.24) is 10.2 Å². The molecule has 3 aromatic carbocycles. The van der Waals surface area contributed by atoms with Gasteiger partial charge in [-0.2, -0.15) is 0 Å². The summed E-state index contributed by atoms with van der Waals surface area (Å²) in [6, 6.07) is 20.1. The second kappa shape index (κ2) is 14.7. The molecule has 2 amide bonds. The molecular formula is C32H41N3O5S. The van der Waals surface area contributed by atoms with Gasteiger partial charge in [-0.05, 0) is 75.6 Å². The van der Waals surface area contributed by atoms with Gasteiger partial charge in [-0.15, -0.1) is 0 Å². The maximum absolute atomic E-state index is 14.1.